The van der Waals surface area contributed by atoms with Crippen LogP contribution in [0.2, 0.25) is 5.02 Å². The highest BCUT2D eigenvalue weighted by Gasteiger charge is 2.07. The minimum atomic E-state index is -0.540. The number of hydrogen-bond donors (Lipinski definition) is 3. The van der Waals surface area contributed by atoms with Gasteiger partial charge >= 0.3 is 6.03 Å². The lowest BCUT2D eigenvalue weighted by molar-refractivity contribution is 0.256. The molecule has 1 heterocycles. The molecule has 0 saturated carbocycles. The molecule has 0 unspecified atom stereocenters. The number of aromatic nitrogens is 2. The molecule has 3 aromatic rings. The second kappa shape index (κ2) is 7.37. The highest BCUT2D eigenvalue weighted by Crippen LogP contribution is 2.19. The monoisotopic (exact) mass is 368 g/mol. The van der Waals surface area contributed by atoms with Crippen LogP contribution in [0.15, 0.2) is 47.5 Å². The molecule has 0 fully saturated rings. The number of hydrogen-bond acceptors (Lipinski definition) is 4. The van der Waals surface area contributed by atoms with E-state index in [0.29, 0.717) is 10.7 Å². The molecule has 0 atom stereocenters. The van der Waals surface area contributed by atoms with Gasteiger partial charge in [-0.15, -0.1) is 0 Å². The summed E-state index contributed by atoms with van der Waals surface area (Å²) in [4.78, 5) is 24.7. The Kier molecular flexibility index (Phi) is 4.99. The van der Waals surface area contributed by atoms with Gasteiger partial charge in [0.1, 0.15) is 0 Å². The van der Waals surface area contributed by atoms with E-state index in [1.165, 1.54) is 0 Å². The van der Waals surface area contributed by atoms with Crippen LogP contribution in [0.1, 0.15) is 11.3 Å². The Bertz CT molecular complexity index is 1020. The standard InChI is InChI=1S/C18H17ClN6O/c1-10-6-7-15-14(8-10)11(2)21-17(23-15)24-16(20)25-18(26)22-13-5-3-4-12(19)9-13/h3-9H,1-2H3,(H4,20,21,22,23,24,25,26). The number of guanidine groups is 1. The van der Waals surface area contributed by atoms with Crippen LogP contribution < -0.4 is 16.4 Å². The van der Waals surface area contributed by atoms with Crippen LogP contribution in [-0.2, 0) is 0 Å². The zero-order valence-electron chi connectivity index (χ0n) is 14.2. The summed E-state index contributed by atoms with van der Waals surface area (Å²) in [6, 6.07) is 12.1. The van der Waals surface area contributed by atoms with E-state index in [1.807, 2.05) is 32.0 Å². The number of aliphatic imine (C=N–C) groups is 1. The van der Waals surface area contributed by atoms with Crippen LogP contribution in [-0.4, -0.2) is 22.0 Å². The summed E-state index contributed by atoms with van der Waals surface area (Å²) < 4.78 is 0. The van der Waals surface area contributed by atoms with Crippen LogP contribution in [0.25, 0.3) is 10.9 Å². The van der Waals surface area contributed by atoms with Gasteiger partial charge in [0.15, 0.2) is 0 Å². The Morgan fingerprint density at radius 3 is 2.73 bits per heavy atom. The number of carbonyl (C=O) groups is 1. The maximum Gasteiger partial charge on any atom is 0.325 e. The summed E-state index contributed by atoms with van der Waals surface area (Å²) in [6.45, 7) is 3.88. The van der Waals surface area contributed by atoms with Gasteiger partial charge in [-0.2, -0.15) is 4.99 Å². The first-order valence-electron chi connectivity index (χ1n) is 7.83. The maximum absolute atomic E-state index is 12.0. The topological polar surface area (TPSA) is 105 Å². The van der Waals surface area contributed by atoms with Crippen molar-refractivity contribution in [2.45, 2.75) is 13.8 Å². The van der Waals surface area contributed by atoms with Crippen molar-refractivity contribution in [3.63, 3.8) is 0 Å². The van der Waals surface area contributed by atoms with Gasteiger partial charge in [0.2, 0.25) is 5.96 Å². The third-order valence-corrected chi connectivity index (χ3v) is 3.81. The predicted molar refractivity (Wildman–Crippen MR) is 104 cm³/mol. The van der Waals surface area contributed by atoms with Crippen molar-refractivity contribution in [2.75, 3.05) is 5.32 Å². The lowest BCUT2D eigenvalue weighted by Crippen LogP contribution is -2.39. The lowest BCUT2D eigenvalue weighted by Gasteiger charge is -2.07. The third kappa shape index (κ3) is 4.25. The number of anilines is 1. The Labute approximate surface area is 155 Å². The number of rotatable bonds is 2. The van der Waals surface area contributed by atoms with Crippen LogP contribution in [0.4, 0.5) is 16.4 Å². The highest BCUT2D eigenvalue weighted by molar-refractivity contribution is 6.30. The first-order chi connectivity index (χ1) is 12.4. The number of carbonyl (C=O) groups excluding carboxylic acids is 1. The van der Waals surface area contributed by atoms with Crippen molar-refractivity contribution in [2.24, 2.45) is 10.7 Å². The molecule has 1 aromatic heterocycles. The highest BCUT2D eigenvalue weighted by atomic mass is 35.5. The number of nitrogens with zero attached hydrogens (tertiary/aromatic N) is 3. The summed E-state index contributed by atoms with van der Waals surface area (Å²) in [5.41, 5.74) is 8.99. The number of benzene rings is 2. The zero-order valence-corrected chi connectivity index (χ0v) is 15.0. The summed E-state index contributed by atoms with van der Waals surface area (Å²) in [6.07, 6.45) is 0. The largest absolute Gasteiger partial charge is 0.369 e. The van der Waals surface area contributed by atoms with Gasteiger partial charge < -0.3 is 11.1 Å². The average Bonchev–Trinajstić information content (AvgIpc) is 2.55. The Morgan fingerprint density at radius 2 is 1.96 bits per heavy atom. The molecule has 8 heteroatoms. The SMILES string of the molecule is Cc1ccc2nc(/N=C(\N)NC(=O)Nc3cccc(Cl)c3)nc(C)c2c1. The van der Waals surface area contributed by atoms with E-state index in [2.05, 4.69) is 25.6 Å². The summed E-state index contributed by atoms with van der Waals surface area (Å²) in [5, 5.41) is 6.50. The lowest BCUT2D eigenvalue weighted by atomic mass is 10.1. The van der Waals surface area contributed by atoms with Crippen molar-refractivity contribution >= 4 is 46.1 Å². The maximum atomic E-state index is 12.0. The van der Waals surface area contributed by atoms with Gasteiger partial charge in [0.05, 0.1) is 11.2 Å². The minimum absolute atomic E-state index is 0.115. The van der Waals surface area contributed by atoms with E-state index in [-0.39, 0.29) is 11.9 Å². The molecule has 0 saturated heterocycles. The first kappa shape index (κ1) is 17.6. The fourth-order valence-corrected chi connectivity index (χ4v) is 2.60. The van der Waals surface area contributed by atoms with Crippen LogP contribution in [0, 0.1) is 13.8 Å². The van der Waals surface area contributed by atoms with Crippen molar-refractivity contribution in [3.05, 3.63) is 58.7 Å². The van der Waals surface area contributed by atoms with Crippen LogP contribution >= 0.6 is 11.6 Å². The summed E-state index contributed by atoms with van der Waals surface area (Å²) in [7, 11) is 0. The molecule has 26 heavy (non-hydrogen) atoms. The Hall–Kier alpha value is -3.19. The fourth-order valence-electron chi connectivity index (χ4n) is 2.41. The second-order valence-corrected chi connectivity index (χ2v) is 6.15. The van der Waals surface area contributed by atoms with E-state index < -0.39 is 6.03 Å². The molecule has 2 amide bonds. The number of amides is 2. The number of nitrogens with one attached hydrogen (secondary N) is 2. The van der Waals surface area contributed by atoms with Gasteiger partial charge in [0, 0.05) is 16.1 Å². The molecule has 3 rings (SSSR count). The van der Waals surface area contributed by atoms with Crippen molar-refractivity contribution in [1.29, 1.82) is 0 Å². The van der Waals surface area contributed by atoms with Gasteiger partial charge in [0.25, 0.3) is 5.95 Å². The van der Waals surface area contributed by atoms with Gasteiger partial charge in [-0.05, 0) is 44.2 Å². The number of halogens is 1. The fraction of sp³-hybridized carbons (Fsp3) is 0.111. The van der Waals surface area contributed by atoms with E-state index in [9.17, 15) is 4.79 Å². The Balaban J connectivity index is 1.76. The van der Waals surface area contributed by atoms with E-state index in [4.69, 9.17) is 17.3 Å². The van der Waals surface area contributed by atoms with Crippen LogP contribution in [0.5, 0.6) is 0 Å². The summed E-state index contributed by atoms with van der Waals surface area (Å²) >= 11 is 5.88. The summed E-state index contributed by atoms with van der Waals surface area (Å²) in [5.74, 6) is 0.0646. The number of fused-ring (bicyclic) bond motifs is 1. The molecular weight excluding hydrogens is 352 g/mol. The quantitative estimate of drug-likeness (QED) is 0.474. The molecule has 2 aromatic carbocycles. The van der Waals surface area contributed by atoms with Gasteiger partial charge in [-0.1, -0.05) is 29.3 Å². The molecule has 0 aliphatic heterocycles. The van der Waals surface area contributed by atoms with Crippen LogP contribution in [0.3, 0.4) is 0 Å². The molecule has 0 aliphatic rings. The number of urea groups is 1. The normalized spacial score (nSPS) is 11.4. The van der Waals surface area contributed by atoms with E-state index in [1.54, 1.807) is 24.3 Å². The number of aryl methyl sites for hydroxylation is 2. The van der Waals surface area contributed by atoms with Crippen molar-refractivity contribution < 1.29 is 4.79 Å². The molecule has 132 valence electrons. The third-order valence-electron chi connectivity index (χ3n) is 3.57. The first-order valence-corrected chi connectivity index (χ1v) is 8.21. The molecule has 0 spiro atoms. The molecular formula is C18H17ClN6O. The van der Waals surface area contributed by atoms with E-state index >= 15 is 0 Å². The second-order valence-electron chi connectivity index (χ2n) is 5.72. The average molecular weight is 369 g/mol. The smallest absolute Gasteiger partial charge is 0.325 e. The van der Waals surface area contributed by atoms with E-state index in [0.717, 1.165) is 22.2 Å². The minimum Gasteiger partial charge on any atom is -0.369 e. The molecule has 4 N–H and O–H groups in total. The molecule has 0 bridgehead atoms. The Morgan fingerprint density at radius 1 is 1.15 bits per heavy atom. The predicted octanol–water partition coefficient (Wildman–Crippen LogP) is 3.67. The zero-order chi connectivity index (χ0) is 18.7. The number of nitrogens with two attached hydrogens (primary N) is 1. The molecule has 0 radical (unpaired) electrons. The molecule has 7 nitrogen and oxygen atoms in total. The van der Waals surface area contributed by atoms with Gasteiger partial charge in [-0.25, -0.2) is 14.8 Å². The molecule has 0 aliphatic carbocycles. The van der Waals surface area contributed by atoms with Crippen molar-refractivity contribution in [1.82, 2.24) is 15.3 Å². The van der Waals surface area contributed by atoms with Gasteiger partial charge in [-0.3, -0.25) is 5.32 Å². The van der Waals surface area contributed by atoms with Crippen molar-refractivity contribution in [3.8, 4) is 0 Å².